The minimum atomic E-state index is -3.22. The van der Waals surface area contributed by atoms with E-state index in [1.807, 2.05) is 6.07 Å². The molecule has 0 amide bonds. The molecular weight excluding hydrogens is 391 g/mol. The van der Waals surface area contributed by atoms with Gasteiger partial charge in [-0.2, -0.15) is 0 Å². The van der Waals surface area contributed by atoms with E-state index in [1.165, 1.54) is 18.2 Å². The summed E-state index contributed by atoms with van der Waals surface area (Å²) in [7, 11) is -1.59. The average molecular weight is 413 g/mol. The Bertz CT molecular complexity index is 902. The Morgan fingerprint density at radius 2 is 2.00 bits per heavy atom. The number of nitrogens with zero attached hydrogens (tertiary/aromatic N) is 2. The van der Waals surface area contributed by atoms with Crippen LogP contribution in [0.1, 0.15) is 16.7 Å². The van der Waals surface area contributed by atoms with Crippen LogP contribution in [0.2, 0.25) is 5.15 Å². The zero-order valence-corrected chi connectivity index (χ0v) is 16.7. The summed E-state index contributed by atoms with van der Waals surface area (Å²) in [6.07, 6.45) is 3.59. The van der Waals surface area contributed by atoms with Crippen LogP contribution < -0.4 is 10.6 Å². The molecule has 0 radical (unpaired) electrons. The normalized spacial score (nSPS) is 12.1. The van der Waals surface area contributed by atoms with Gasteiger partial charge in [0.25, 0.3) is 0 Å². The summed E-state index contributed by atoms with van der Waals surface area (Å²) in [5.74, 6) is -0.0198. The van der Waals surface area contributed by atoms with Gasteiger partial charge in [0.05, 0.1) is 5.75 Å². The number of hydrogen-bond acceptors (Lipinski definition) is 4. The van der Waals surface area contributed by atoms with Gasteiger partial charge in [-0.15, -0.1) is 0 Å². The Labute approximate surface area is 163 Å². The first kappa shape index (κ1) is 21.1. The highest BCUT2D eigenvalue weighted by molar-refractivity contribution is 7.89. The van der Waals surface area contributed by atoms with Gasteiger partial charge in [0.1, 0.15) is 11.0 Å². The lowest BCUT2D eigenvalue weighted by molar-refractivity contribution is 0.599. The van der Waals surface area contributed by atoms with Gasteiger partial charge < -0.3 is 10.6 Å². The lowest BCUT2D eigenvalue weighted by atomic mass is 10.1. The van der Waals surface area contributed by atoms with Gasteiger partial charge in [-0.3, -0.25) is 4.99 Å². The molecule has 0 saturated carbocycles. The molecule has 0 atom stereocenters. The van der Waals surface area contributed by atoms with Crippen LogP contribution in [0.15, 0.2) is 41.5 Å². The molecule has 27 heavy (non-hydrogen) atoms. The van der Waals surface area contributed by atoms with E-state index in [0.29, 0.717) is 28.8 Å². The molecule has 0 aliphatic rings. The first-order chi connectivity index (χ1) is 12.8. The van der Waals surface area contributed by atoms with Crippen LogP contribution in [0, 0.1) is 5.82 Å². The summed E-state index contributed by atoms with van der Waals surface area (Å²) in [5.41, 5.74) is 2.17. The summed E-state index contributed by atoms with van der Waals surface area (Å²) < 4.78 is 36.7. The van der Waals surface area contributed by atoms with E-state index < -0.39 is 15.7 Å². The van der Waals surface area contributed by atoms with Crippen molar-refractivity contribution in [1.82, 2.24) is 15.6 Å². The van der Waals surface area contributed by atoms with Crippen LogP contribution in [-0.4, -0.2) is 39.2 Å². The fourth-order valence-electron chi connectivity index (χ4n) is 2.46. The second-order valence-corrected chi connectivity index (χ2v) is 8.60. The Balaban J connectivity index is 1.93. The zero-order chi connectivity index (χ0) is 19.9. The molecule has 0 aliphatic heterocycles. The number of benzene rings is 1. The number of sulfone groups is 1. The highest BCUT2D eigenvalue weighted by atomic mass is 35.5. The topological polar surface area (TPSA) is 83.4 Å². The molecule has 6 nitrogen and oxygen atoms in total. The van der Waals surface area contributed by atoms with Crippen LogP contribution in [0.4, 0.5) is 4.39 Å². The van der Waals surface area contributed by atoms with Crippen LogP contribution in [0.5, 0.6) is 0 Å². The van der Waals surface area contributed by atoms with Crippen molar-refractivity contribution in [1.29, 1.82) is 0 Å². The predicted molar refractivity (Wildman–Crippen MR) is 106 cm³/mol. The summed E-state index contributed by atoms with van der Waals surface area (Å²) in [6, 6.07) is 7.73. The fraction of sp³-hybridized carbons (Fsp3) is 0.333. The largest absolute Gasteiger partial charge is 0.356 e. The third kappa shape index (κ3) is 7.52. The Morgan fingerprint density at radius 3 is 2.63 bits per heavy atom. The van der Waals surface area contributed by atoms with Crippen molar-refractivity contribution in [3.05, 3.63) is 64.2 Å². The molecule has 9 heteroatoms. The minimum Gasteiger partial charge on any atom is -0.356 e. The lowest BCUT2D eigenvalue weighted by Crippen LogP contribution is -2.38. The molecule has 0 fully saturated rings. The van der Waals surface area contributed by atoms with Crippen molar-refractivity contribution in [2.75, 3.05) is 19.8 Å². The monoisotopic (exact) mass is 412 g/mol. The molecule has 0 spiro atoms. The number of rotatable bonds is 7. The van der Waals surface area contributed by atoms with Crippen molar-refractivity contribution in [3.8, 4) is 0 Å². The third-order valence-corrected chi connectivity index (χ3v) is 4.81. The quantitative estimate of drug-likeness (QED) is 0.414. The fourth-order valence-corrected chi connectivity index (χ4v) is 3.42. The SMILES string of the molecule is CN=C(NCCc1ccc(Cl)nc1)NCc1cc(F)ccc1CS(C)(=O)=O. The molecule has 1 aromatic heterocycles. The van der Waals surface area contributed by atoms with Gasteiger partial charge in [0, 0.05) is 32.6 Å². The standard InChI is InChI=1S/C18H22ClFN4O2S/c1-21-18(22-8-7-13-3-6-17(19)23-10-13)24-11-15-9-16(20)5-4-14(15)12-27(2,25)26/h3-6,9-10H,7-8,11-12H2,1-2H3,(H2,21,22,24). The molecule has 146 valence electrons. The minimum absolute atomic E-state index is 0.139. The predicted octanol–water partition coefficient (Wildman–Crippen LogP) is 2.33. The van der Waals surface area contributed by atoms with Crippen LogP contribution in [0.25, 0.3) is 0 Å². The van der Waals surface area contributed by atoms with Crippen molar-refractivity contribution < 1.29 is 12.8 Å². The van der Waals surface area contributed by atoms with Crippen LogP contribution in [0.3, 0.4) is 0 Å². The van der Waals surface area contributed by atoms with E-state index in [4.69, 9.17) is 11.6 Å². The van der Waals surface area contributed by atoms with Crippen LogP contribution >= 0.6 is 11.6 Å². The molecule has 2 aromatic rings. The maximum absolute atomic E-state index is 13.6. The second kappa shape index (κ2) is 9.66. The van der Waals surface area contributed by atoms with E-state index in [9.17, 15) is 12.8 Å². The Hall–Kier alpha value is -2.19. The Morgan fingerprint density at radius 1 is 1.22 bits per heavy atom. The maximum Gasteiger partial charge on any atom is 0.191 e. The smallest absolute Gasteiger partial charge is 0.191 e. The summed E-state index contributed by atoms with van der Waals surface area (Å²) in [4.78, 5) is 8.15. The molecule has 2 rings (SSSR count). The first-order valence-corrected chi connectivity index (χ1v) is 10.7. The van der Waals surface area contributed by atoms with Crippen molar-refractivity contribution >= 4 is 27.4 Å². The van der Waals surface area contributed by atoms with Crippen molar-refractivity contribution in [3.63, 3.8) is 0 Å². The highest BCUT2D eigenvalue weighted by Crippen LogP contribution is 2.14. The van der Waals surface area contributed by atoms with Gasteiger partial charge in [0.2, 0.25) is 0 Å². The average Bonchev–Trinajstić information content (AvgIpc) is 2.60. The van der Waals surface area contributed by atoms with E-state index >= 15 is 0 Å². The number of guanidine groups is 1. The van der Waals surface area contributed by atoms with E-state index in [1.54, 1.807) is 19.3 Å². The van der Waals surface area contributed by atoms with Gasteiger partial charge in [-0.25, -0.2) is 17.8 Å². The molecule has 0 aliphatic carbocycles. The van der Waals surface area contributed by atoms with Crippen LogP contribution in [-0.2, 0) is 28.6 Å². The number of halogens is 2. The lowest BCUT2D eigenvalue weighted by Gasteiger charge is -2.14. The molecular formula is C18H22ClFN4O2S. The second-order valence-electron chi connectivity index (χ2n) is 6.07. The van der Waals surface area contributed by atoms with Gasteiger partial charge in [-0.05, 0) is 41.3 Å². The van der Waals surface area contributed by atoms with Crippen molar-refractivity contribution in [2.24, 2.45) is 4.99 Å². The highest BCUT2D eigenvalue weighted by Gasteiger charge is 2.11. The van der Waals surface area contributed by atoms with E-state index in [-0.39, 0.29) is 12.3 Å². The number of aromatic nitrogens is 1. The molecule has 0 bridgehead atoms. The summed E-state index contributed by atoms with van der Waals surface area (Å²) in [6.45, 7) is 0.868. The zero-order valence-electron chi connectivity index (χ0n) is 15.2. The molecule has 0 saturated heterocycles. The third-order valence-electron chi connectivity index (χ3n) is 3.75. The van der Waals surface area contributed by atoms with E-state index in [2.05, 4.69) is 20.6 Å². The van der Waals surface area contributed by atoms with Crippen molar-refractivity contribution in [2.45, 2.75) is 18.7 Å². The molecule has 2 N–H and O–H groups in total. The molecule has 1 heterocycles. The van der Waals surface area contributed by atoms with Gasteiger partial charge in [-0.1, -0.05) is 23.7 Å². The maximum atomic E-state index is 13.6. The number of aliphatic imine (C=N–C) groups is 1. The number of nitrogens with one attached hydrogen (secondary N) is 2. The van der Waals surface area contributed by atoms with Gasteiger partial charge >= 0.3 is 0 Å². The summed E-state index contributed by atoms with van der Waals surface area (Å²) >= 11 is 5.76. The van der Waals surface area contributed by atoms with E-state index in [0.717, 1.165) is 18.2 Å². The number of hydrogen-bond donors (Lipinski definition) is 2. The number of pyridine rings is 1. The summed E-state index contributed by atoms with van der Waals surface area (Å²) in [5, 5.41) is 6.67. The van der Waals surface area contributed by atoms with Gasteiger partial charge in [0.15, 0.2) is 15.8 Å². The molecule has 0 unspecified atom stereocenters. The molecule has 1 aromatic carbocycles. The Kier molecular flexibility index (Phi) is 7.55. The first-order valence-electron chi connectivity index (χ1n) is 8.27.